The minimum atomic E-state index is 0.407. The van der Waals surface area contributed by atoms with Gasteiger partial charge in [0.1, 0.15) is 18.2 Å². The number of hydrogen-bond acceptors (Lipinski definition) is 6. The molecule has 0 bridgehead atoms. The maximum Gasteiger partial charge on any atom is 0.158 e. The van der Waals surface area contributed by atoms with Crippen molar-refractivity contribution in [2.24, 2.45) is 0 Å². The molecule has 1 aromatic rings. The molecule has 20 heavy (non-hydrogen) atoms. The third-order valence-electron chi connectivity index (χ3n) is 2.95. The van der Waals surface area contributed by atoms with Crippen molar-refractivity contribution >= 4 is 11.6 Å². The third kappa shape index (κ3) is 5.71. The topological polar surface area (TPSA) is 67.5 Å². The lowest BCUT2D eigenvalue weighted by molar-refractivity contribution is 0.128. The van der Waals surface area contributed by atoms with Crippen LogP contribution in [-0.4, -0.2) is 55.2 Å². The average molecular weight is 281 g/mol. The minimum absolute atomic E-state index is 0.407. The molecular formula is C14H27N5O. The molecule has 0 fully saturated rings. The lowest BCUT2D eigenvalue weighted by atomic mass is 10.3. The second kappa shape index (κ2) is 8.71. The molecule has 6 heteroatoms. The molecule has 0 amide bonds. The van der Waals surface area contributed by atoms with Gasteiger partial charge in [-0.2, -0.15) is 0 Å². The molecule has 0 radical (unpaired) electrons. The van der Waals surface area contributed by atoms with Crippen molar-refractivity contribution in [2.45, 2.75) is 26.9 Å². The van der Waals surface area contributed by atoms with Gasteiger partial charge < -0.3 is 20.3 Å². The van der Waals surface area contributed by atoms with Gasteiger partial charge in [-0.05, 0) is 40.9 Å². The summed E-state index contributed by atoms with van der Waals surface area (Å²) in [5.41, 5.74) is 5.86. The monoisotopic (exact) mass is 281 g/mol. The first kappa shape index (κ1) is 16.7. The summed E-state index contributed by atoms with van der Waals surface area (Å²) >= 11 is 0. The van der Waals surface area contributed by atoms with Crippen molar-refractivity contribution in [3.63, 3.8) is 0 Å². The van der Waals surface area contributed by atoms with Crippen LogP contribution in [0.3, 0.4) is 0 Å². The van der Waals surface area contributed by atoms with Crippen LogP contribution in [0.25, 0.3) is 0 Å². The molecule has 0 saturated heterocycles. The van der Waals surface area contributed by atoms with Crippen LogP contribution >= 0.6 is 0 Å². The Balaban J connectivity index is 2.72. The van der Waals surface area contributed by atoms with Crippen molar-refractivity contribution in [1.82, 2.24) is 14.9 Å². The van der Waals surface area contributed by atoms with Crippen LogP contribution in [-0.2, 0) is 11.3 Å². The summed E-state index contributed by atoms with van der Waals surface area (Å²) in [5, 5.41) is 0. The van der Waals surface area contributed by atoms with Gasteiger partial charge in [-0.25, -0.2) is 9.97 Å². The number of ether oxygens (including phenoxy) is 1. The van der Waals surface area contributed by atoms with Crippen molar-refractivity contribution in [1.29, 1.82) is 0 Å². The molecule has 1 aromatic heterocycles. The van der Waals surface area contributed by atoms with E-state index >= 15 is 0 Å². The number of nitrogen functional groups attached to an aromatic ring is 1. The molecule has 0 spiro atoms. The Bertz CT molecular complexity index is 397. The van der Waals surface area contributed by atoms with E-state index in [-0.39, 0.29) is 0 Å². The first-order valence-corrected chi connectivity index (χ1v) is 7.17. The van der Waals surface area contributed by atoms with Gasteiger partial charge in [-0.15, -0.1) is 0 Å². The second-order valence-corrected chi connectivity index (χ2v) is 4.94. The molecule has 0 aromatic carbocycles. The first-order valence-electron chi connectivity index (χ1n) is 7.17. The summed E-state index contributed by atoms with van der Waals surface area (Å²) in [6.45, 7) is 8.04. The fourth-order valence-electron chi connectivity index (χ4n) is 1.94. The van der Waals surface area contributed by atoms with Crippen LogP contribution in [0.5, 0.6) is 0 Å². The highest BCUT2D eigenvalue weighted by atomic mass is 16.5. The lowest BCUT2D eigenvalue weighted by Gasteiger charge is -2.23. The van der Waals surface area contributed by atoms with Crippen molar-refractivity contribution in [2.75, 3.05) is 51.0 Å². The second-order valence-electron chi connectivity index (χ2n) is 4.94. The highest BCUT2D eigenvalue weighted by molar-refractivity contribution is 5.46. The van der Waals surface area contributed by atoms with E-state index in [0.29, 0.717) is 24.9 Å². The van der Waals surface area contributed by atoms with E-state index < -0.39 is 0 Å². The van der Waals surface area contributed by atoms with E-state index in [1.54, 1.807) is 0 Å². The Kier molecular flexibility index (Phi) is 7.25. The summed E-state index contributed by atoms with van der Waals surface area (Å²) in [5.74, 6) is 2.03. The summed E-state index contributed by atoms with van der Waals surface area (Å²) < 4.78 is 5.35. The highest BCUT2D eigenvalue weighted by Crippen LogP contribution is 2.15. The number of anilines is 2. The zero-order valence-corrected chi connectivity index (χ0v) is 13.1. The van der Waals surface area contributed by atoms with Gasteiger partial charge >= 0.3 is 0 Å². The predicted octanol–water partition coefficient (Wildman–Crippen LogP) is 1.37. The number of nitrogens with zero attached hydrogens (tertiary/aromatic N) is 4. The zero-order valence-electron chi connectivity index (χ0n) is 13.1. The summed E-state index contributed by atoms with van der Waals surface area (Å²) in [4.78, 5) is 13.1. The van der Waals surface area contributed by atoms with Gasteiger partial charge in [0.2, 0.25) is 0 Å². The molecular weight excluding hydrogens is 254 g/mol. The van der Waals surface area contributed by atoms with Crippen molar-refractivity contribution in [3.05, 3.63) is 11.9 Å². The highest BCUT2D eigenvalue weighted by Gasteiger charge is 2.09. The SMILES string of the molecule is CCOCc1nc(N)cc(N(CC)CCCN(C)C)n1. The molecule has 0 aliphatic heterocycles. The number of aromatic nitrogens is 2. The van der Waals surface area contributed by atoms with E-state index in [0.717, 1.165) is 31.9 Å². The molecule has 0 unspecified atom stereocenters. The third-order valence-corrected chi connectivity index (χ3v) is 2.95. The smallest absolute Gasteiger partial charge is 0.158 e. The molecule has 1 rings (SSSR count). The number of rotatable bonds is 9. The summed E-state index contributed by atoms with van der Waals surface area (Å²) in [6, 6.07) is 1.83. The molecule has 1 heterocycles. The fourth-order valence-corrected chi connectivity index (χ4v) is 1.94. The molecule has 0 aliphatic carbocycles. The van der Waals surface area contributed by atoms with E-state index in [4.69, 9.17) is 10.5 Å². The average Bonchev–Trinajstić information content (AvgIpc) is 2.40. The van der Waals surface area contributed by atoms with Gasteiger partial charge in [-0.3, -0.25) is 0 Å². The van der Waals surface area contributed by atoms with Gasteiger partial charge in [0.25, 0.3) is 0 Å². The summed E-state index contributed by atoms with van der Waals surface area (Å²) in [6.07, 6.45) is 1.09. The van der Waals surface area contributed by atoms with Gasteiger partial charge in [-0.1, -0.05) is 0 Å². The molecule has 0 saturated carbocycles. The molecule has 0 aliphatic rings. The number of nitrogens with two attached hydrogens (primary N) is 1. The first-order chi connectivity index (χ1) is 9.56. The Labute approximate surface area is 121 Å². The van der Waals surface area contributed by atoms with Crippen molar-refractivity contribution < 1.29 is 4.74 Å². The Morgan fingerprint density at radius 1 is 1.20 bits per heavy atom. The van der Waals surface area contributed by atoms with Gasteiger partial charge in [0, 0.05) is 25.8 Å². The maximum absolute atomic E-state index is 5.86. The predicted molar refractivity (Wildman–Crippen MR) is 82.8 cm³/mol. The lowest BCUT2D eigenvalue weighted by Crippen LogP contribution is -2.28. The Morgan fingerprint density at radius 3 is 2.55 bits per heavy atom. The van der Waals surface area contributed by atoms with Gasteiger partial charge in [0.15, 0.2) is 5.82 Å². The molecule has 0 atom stereocenters. The Morgan fingerprint density at radius 2 is 1.95 bits per heavy atom. The van der Waals surface area contributed by atoms with Crippen LogP contribution in [0.2, 0.25) is 0 Å². The van der Waals surface area contributed by atoms with Crippen LogP contribution in [0.1, 0.15) is 26.1 Å². The Hall–Kier alpha value is -1.40. The van der Waals surface area contributed by atoms with Crippen LogP contribution in [0.4, 0.5) is 11.6 Å². The quantitative estimate of drug-likeness (QED) is 0.737. The molecule has 6 nitrogen and oxygen atoms in total. The normalized spacial score (nSPS) is 11.1. The number of hydrogen-bond donors (Lipinski definition) is 1. The van der Waals surface area contributed by atoms with E-state index in [1.165, 1.54) is 0 Å². The standard InChI is InChI=1S/C14H27N5O/c1-5-19(9-7-8-18(3)4)14-10-12(15)16-13(17-14)11-20-6-2/h10H,5-9,11H2,1-4H3,(H2,15,16,17). The van der Waals surface area contributed by atoms with Crippen LogP contribution < -0.4 is 10.6 Å². The van der Waals surface area contributed by atoms with Crippen LogP contribution in [0.15, 0.2) is 6.07 Å². The minimum Gasteiger partial charge on any atom is -0.384 e. The van der Waals surface area contributed by atoms with Crippen LogP contribution in [0, 0.1) is 0 Å². The van der Waals surface area contributed by atoms with E-state index in [1.807, 2.05) is 13.0 Å². The fraction of sp³-hybridized carbons (Fsp3) is 0.714. The van der Waals surface area contributed by atoms with Gasteiger partial charge in [0.05, 0.1) is 0 Å². The van der Waals surface area contributed by atoms with Crippen molar-refractivity contribution in [3.8, 4) is 0 Å². The molecule has 2 N–H and O–H groups in total. The van der Waals surface area contributed by atoms with E-state index in [9.17, 15) is 0 Å². The van der Waals surface area contributed by atoms with E-state index in [2.05, 4.69) is 40.8 Å². The maximum atomic E-state index is 5.86. The summed E-state index contributed by atoms with van der Waals surface area (Å²) in [7, 11) is 4.16. The zero-order chi connectivity index (χ0) is 15.0. The largest absolute Gasteiger partial charge is 0.384 e. The molecule has 114 valence electrons.